The van der Waals surface area contributed by atoms with Crippen molar-refractivity contribution in [2.24, 2.45) is 0 Å². The Balaban J connectivity index is 1.67. The molecule has 8 heteroatoms. The summed E-state index contributed by atoms with van der Waals surface area (Å²) in [6, 6.07) is 13.3. The van der Waals surface area contributed by atoms with Crippen molar-refractivity contribution in [3.63, 3.8) is 0 Å². The van der Waals surface area contributed by atoms with Crippen LogP contribution in [-0.4, -0.2) is 37.5 Å². The molecule has 1 atom stereocenters. The quantitative estimate of drug-likeness (QED) is 0.480. The van der Waals surface area contributed by atoms with Crippen molar-refractivity contribution in [3.8, 4) is 5.75 Å². The van der Waals surface area contributed by atoms with Gasteiger partial charge in [-0.15, -0.1) is 0 Å². The van der Waals surface area contributed by atoms with E-state index < -0.39 is 18.0 Å². The van der Waals surface area contributed by atoms with Gasteiger partial charge in [0.2, 0.25) is 0 Å². The number of ether oxygens (including phenoxy) is 2. The minimum Gasteiger partial charge on any atom is -0.497 e. The maximum Gasteiger partial charge on any atom is 0.306 e. The minimum absolute atomic E-state index is 0.0844. The SMILES string of the molecule is COc1ccc(NC(=O)C(C)OC(=O)CCCNC(=O)c2ccc(Cl)cc2)cc1. The van der Waals surface area contributed by atoms with Crippen molar-refractivity contribution in [1.82, 2.24) is 5.32 Å². The molecule has 0 aromatic heterocycles. The molecule has 2 rings (SSSR count). The average Bonchev–Trinajstić information content (AvgIpc) is 2.72. The van der Waals surface area contributed by atoms with Crippen molar-refractivity contribution in [3.05, 3.63) is 59.1 Å². The van der Waals surface area contributed by atoms with Crippen molar-refractivity contribution < 1.29 is 23.9 Å². The summed E-state index contributed by atoms with van der Waals surface area (Å²) in [6.07, 6.45) is -0.459. The number of hydrogen-bond donors (Lipinski definition) is 2. The third kappa shape index (κ3) is 7.46. The summed E-state index contributed by atoms with van der Waals surface area (Å²) >= 11 is 5.78. The molecule has 0 aliphatic rings. The van der Waals surface area contributed by atoms with Gasteiger partial charge in [-0.05, 0) is 61.9 Å². The predicted octanol–water partition coefficient (Wildman–Crippen LogP) is 3.43. The van der Waals surface area contributed by atoms with Gasteiger partial charge >= 0.3 is 5.97 Å². The maximum absolute atomic E-state index is 12.1. The molecule has 0 spiro atoms. The lowest BCUT2D eigenvalue weighted by molar-refractivity contribution is -0.153. The highest BCUT2D eigenvalue weighted by Crippen LogP contribution is 2.15. The first-order valence-electron chi connectivity index (χ1n) is 9.07. The highest BCUT2D eigenvalue weighted by Gasteiger charge is 2.18. The third-order valence-electron chi connectivity index (χ3n) is 3.98. The Morgan fingerprint density at radius 2 is 1.69 bits per heavy atom. The molecule has 0 fully saturated rings. The van der Waals surface area contributed by atoms with E-state index in [1.54, 1.807) is 55.6 Å². The highest BCUT2D eigenvalue weighted by atomic mass is 35.5. The topological polar surface area (TPSA) is 93.7 Å². The lowest BCUT2D eigenvalue weighted by Crippen LogP contribution is -2.30. The van der Waals surface area contributed by atoms with Gasteiger partial charge in [-0.25, -0.2) is 0 Å². The second-order valence-corrected chi connectivity index (χ2v) is 6.65. The van der Waals surface area contributed by atoms with Crippen LogP contribution in [0.1, 0.15) is 30.1 Å². The molecule has 0 saturated heterocycles. The molecule has 29 heavy (non-hydrogen) atoms. The van der Waals surface area contributed by atoms with Gasteiger partial charge in [-0.1, -0.05) is 11.6 Å². The number of carbonyl (C=O) groups is 3. The summed E-state index contributed by atoms with van der Waals surface area (Å²) in [4.78, 5) is 36.0. The van der Waals surface area contributed by atoms with E-state index >= 15 is 0 Å². The van der Waals surface area contributed by atoms with E-state index in [0.29, 0.717) is 35.0 Å². The Hall–Kier alpha value is -3.06. The van der Waals surface area contributed by atoms with Crippen LogP contribution >= 0.6 is 11.6 Å². The molecular formula is C21H23ClN2O5. The van der Waals surface area contributed by atoms with Crippen LogP contribution < -0.4 is 15.4 Å². The minimum atomic E-state index is -0.937. The lowest BCUT2D eigenvalue weighted by atomic mass is 10.2. The number of carbonyl (C=O) groups excluding carboxylic acids is 3. The maximum atomic E-state index is 12.1. The fourth-order valence-electron chi connectivity index (χ4n) is 2.37. The molecule has 2 amide bonds. The summed E-state index contributed by atoms with van der Waals surface area (Å²) in [7, 11) is 1.55. The number of anilines is 1. The number of rotatable bonds is 9. The standard InChI is InChI=1S/C21H23ClN2O5/c1-14(20(26)24-17-9-11-18(28-2)12-10-17)29-19(25)4-3-13-23-21(27)15-5-7-16(22)8-6-15/h5-12,14H,3-4,13H2,1-2H3,(H,23,27)(H,24,26). The number of benzene rings is 2. The first kappa shape index (κ1) is 22.2. The summed E-state index contributed by atoms with van der Waals surface area (Å²) in [6.45, 7) is 1.81. The molecule has 2 aromatic carbocycles. The number of amides is 2. The van der Waals surface area contributed by atoms with Crippen LogP contribution in [0.15, 0.2) is 48.5 Å². The molecule has 0 saturated carbocycles. The van der Waals surface area contributed by atoms with E-state index in [2.05, 4.69) is 10.6 Å². The van der Waals surface area contributed by atoms with Gasteiger partial charge in [0, 0.05) is 29.2 Å². The van der Waals surface area contributed by atoms with Gasteiger partial charge in [0.1, 0.15) is 5.75 Å². The molecule has 0 heterocycles. The molecule has 154 valence electrons. The first-order valence-corrected chi connectivity index (χ1v) is 9.45. The third-order valence-corrected chi connectivity index (χ3v) is 4.24. The fourth-order valence-corrected chi connectivity index (χ4v) is 2.49. The Morgan fingerprint density at radius 1 is 1.03 bits per heavy atom. The number of nitrogens with one attached hydrogen (secondary N) is 2. The fraction of sp³-hybridized carbons (Fsp3) is 0.286. The van der Waals surface area contributed by atoms with E-state index in [9.17, 15) is 14.4 Å². The summed E-state index contributed by atoms with van der Waals surface area (Å²) in [5.41, 5.74) is 1.06. The van der Waals surface area contributed by atoms with Gasteiger partial charge in [0.25, 0.3) is 11.8 Å². The van der Waals surface area contributed by atoms with E-state index in [-0.39, 0.29) is 12.3 Å². The highest BCUT2D eigenvalue weighted by molar-refractivity contribution is 6.30. The van der Waals surface area contributed by atoms with Crippen molar-refractivity contribution in [1.29, 1.82) is 0 Å². The van der Waals surface area contributed by atoms with Crippen LogP contribution in [0.25, 0.3) is 0 Å². The van der Waals surface area contributed by atoms with Crippen molar-refractivity contribution in [2.45, 2.75) is 25.9 Å². The van der Waals surface area contributed by atoms with E-state index in [4.69, 9.17) is 21.1 Å². The zero-order valence-electron chi connectivity index (χ0n) is 16.2. The number of methoxy groups -OCH3 is 1. The van der Waals surface area contributed by atoms with Gasteiger partial charge in [-0.3, -0.25) is 14.4 Å². The molecule has 0 aliphatic carbocycles. The van der Waals surface area contributed by atoms with Crippen LogP contribution in [0.4, 0.5) is 5.69 Å². The van der Waals surface area contributed by atoms with Gasteiger partial charge in [0.15, 0.2) is 6.10 Å². The number of hydrogen-bond acceptors (Lipinski definition) is 5. The number of halogens is 1. The molecular weight excluding hydrogens is 396 g/mol. The first-order chi connectivity index (χ1) is 13.9. The summed E-state index contributed by atoms with van der Waals surface area (Å²) < 4.78 is 10.2. The van der Waals surface area contributed by atoms with Gasteiger partial charge in [0.05, 0.1) is 7.11 Å². The van der Waals surface area contributed by atoms with Crippen LogP contribution in [0.2, 0.25) is 5.02 Å². The number of esters is 1. The van der Waals surface area contributed by atoms with Crippen LogP contribution in [0.3, 0.4) is 0 Å². The Labute approximate surface area is 174 Å². The van der Waals surface area contributed by atoms with Gasteiger partial charge < -0.3 is 20.1 Å². The van der Waals surface area contributed by atoms with Gasteiger partial charge in [-0.2, -0.15) is 0 Å². The van der Waals surface area contributed by atoms with Crippen LogP contribution in [-0.2, 0) is 14.3 Å². The largest absolute Gasteiger partial charge is 0.497 e. The Kier molecular flexibility index (Phi) is 8.48. The van der Waals surface area contributed by atoms with E-state index in [1.807, 2.05) is 0 Å². The molecule has 0 aliphatic heterocycles. The summed E-state index contributed by atoms with van der Waals surface area (Å²) in [5, 5.41) is 5.93. The molecule has 0 bridgehead atoms. The molecule has 2 N–H and O–H groups in total. The molecule has 0 radical (unpaired) electrons. The van der Waals surface area contributed by atoms with Crippen LogP contribution in [0, 0.1) is 0 Å². The zero-order valence-corrected chi connectivity index (χ0v) is 17.0. The second-order valence-electron chi connectivity index (χ2n) is 6.22. The molecule has 2 aromatic rings. The average molecular weight is 419 g/mol. The van der Waals surface area contributed by atoms with Crippen molar-refractivity contribution >= 4 is 35.1 Å². The monoisotopic (exact) mass is 418 g/mol. The van der Waals surface area contributed by atoms with Crippen molar-refractivity contribution in [2.75, 3.05) is 19.0 Å². The second kappa shape index (κ2) is 11.1. The summed E-state index contributed by atoms with van der Waals surface area (Å²) in [5.74, 6) is -0.518. The smallest absolute Gasteiger partial charge is 0.306 e. The van der Waals surface area contributed by atoms with Crippen LogP contribution in [0.5, 0.6) is 5.75 Å². The normalized spacial score (nSPS) is 11.3. The zero-order chi connectivity index (χ0) is 21.2. The Bertz CT molecular complexity index is 837. The van der Waals surface area contributed by atoms with E-state index in [1.165, 1.54) is 6.92 Å². The molecule has 1 unspecified atom stereocenters. The Morgan fingerprint density at radius 3 is 2.31 bits per heavy atom. The predicted molar refractivity (Wildman–Crippen MR) is 110 cm³/mol. The molecule has 7 nitrogen and oxygen atoms in total. The van der Waals surface area contributed by atoms with E-state index in [0.717, 1.165) is 0 Å². The lowest BCUT2D eigenvalue weighted by Gasteiger charge is -2.14.